The van der Waals surface area contributed by atoms with E-state index in [0.29, 0.717) is 30.6 Å². The lowest BCUT2D eigenvalue weighted by Gasteiger charge is -2.22. The van der Waals surface area contributed by atoms with Gasteiger partial charge in [0.2, 0.25) is 5.76 Å². The van der Waals surface area contributed by atoms with Crippen LogP contribution in [-0.2, 0) is 0 Å². The van der Waals surface area contributed by atoms with Gasteiger partial charge in [-0.3, -0.25) is 4.79 Å². The third-order valence-corrected chi connectivity index (χ3v) is 4.35. The molecule has 0 radical (unpaired) electrons. The quantitative estimate of drug-likeness (QED) is 0.866. The fraction of sp³-hybridized carbons (Fsp3) is 0.333. The maximum Gasteiger partial charge on any atom is 0.371 e. The van der Waals surface area contributed by atoms with Crippen molar-refractivity contribution in [3.63, 3.8) is 0 Å². The number of carbonyl (C=O) groups is 2. The predicted molar refractivity (Wildman–Crippen MR) is 86.0 cm³/mol. The normalized spacial score (nSPS) is 17.0. The Hall–Kier alpha value is -2.96. The molecule has 1 atom stereocenters. The number of amides is 1. The van der Waals surface area contributed by atoms with Crippen molar-refractivity contribution in [3.05, 3.63) is 47.4 Å². The van der Waals surface area contributed by atoms with Crippen LogP contribution in [0.3, 0.4) is 0 Å². The summed E-state index contributed by atoms with van der Waals surface area (Å²) in [6.45, 7) is 1.03. The minimum absolute atomic E-state index is 0.0133. The molecule has 2 aromatic rings. The van der Waals surface area contributed by atoms with Gasteiger partial charge in [0.1, 0.15) is 13.2 Å². The number of carboxylic acids is 1. The van der Waals surface area contributed by atoms with Crippen molar-refractivity contribution in [3.8, 4) is 11.5 Å². The highest BCUT2D eigenvalue weighted by Gasteiger charge is 2.35. The van der Waals surface area contributed by atoms with Crippen molar-refractivity contribution in [1.82, 2.24) is 5.32 Å². The Morgan fingerprint density at radius 2 is 1.76 bits per heavy atom. The van der Waals surface area contributed by atoms with Crippen LogP contribution < -0.4 is 14.8 Å². The molecule has 7 heteroatoms. The number of furan rings is 1. The van der Waals surface area contributed by atoms with Crippen molar-refractivity contribution in [2.75, 3.05) is 13.2 Å². The standard InChI is InChI=1S/C18H17NO6/c20-17(13-5-6-14(25-13)18(21)22)19-16(10-1-2-10)11-3-4-12-15(9-11)24-8-7-23-12/h3-6,9-10,16H,1-2,7-8H2,(H,19,20)(H,21,22). The van der Waals surface area contributed by atoms with Crippen LogP contribution in [0.1, 0.15) is 45.6 Å². The zero-order valence-corrected chi connectivity index (χ0v) is 13.4. The van der Waals surface area contributed by atoms with Crippen LogP contribution in [0.25, 0.3) is 0 Å². The summed E-state index contributed by atoms with van der Waals surface area (Å²) >= 11 is 0. The average molecular weight is 343 g/mol. The fourth-order valence-electron chi connectivity index (χ4n) is 2.94. The molecule has 1 aromatic heterocycles. The third kappa shape index (κ3) is 3.17. The Labute approximate surface area is 143 Å². The van der Waals surface area contributed by atoms with E-state index < -0.39 is 11.9 Å². The van der Waals surface area contributed by atoms with Gasteiger partial charge in [0.05, 0.1) is 6.04 Å². The minimum atomic E-state index is -1.20. The third-order valence-electron chi connectivity index (χ3n) is 4.35. The van der Waals surface area contributed by atoms with E-state index in [1.807, 2.05) is 18.2 Å². The van der Waals surface area contributed by atoms with Crippen molar-refractivity contribution >= 4 is 11.9 Å². The number of hydrogen-bond donors (Lipinski definition) is 2. The molecule has 2 aliphatic rings. The summed E-state index contributed by atoms with van der Waals surface area (Å²) in [5.41, 5.74) is 0.935. The van der Waals surface area contributed by atoms with Crippen LogP contribution in [0.4, 0.5) is 0 Å². The molecule has 4 rings (SSSR count). The first-order valence-electron chi connectivity index (χ1n) is 8.15. The molecular weight excluding hydrogens is 326 g/mol. The van der Waals surface area contributed by atoms with Crippen molar-refractivity contribution in [2.45, 2.75) is 18.9 Å². The second-order valence-corrected chi connectivity index (χ2v) is 6.16. The van der Waals surface area contributed by atoms with Gasteiger partial charge in [-0.25, -0.2) is 4.79 Å². The molecule has 130 valence electrons. The van der Waals surface area contributed by atoms with Gasteiger partial charge in [-0.1, -0.05) is 6.07 Å². The van der Waals surface area contributed by atoms with E-state index in [-0.39, 0.29) is 17.6 Å². The molecule has 7 nitrogen and oxygen atoms in total. The summed E-state index contributed by atoms with van der Waals surface area (Å²) in [5, 5.41) is 11.8. The van der Waals surface area contributed by atoms with Gasteiger partial charge >= 0.3 is 5.97 Å². The summed E-state index contributed by atoms with van der Waals surface area (Å²) in [4.78, 5) is 23.3. The van der Waals surface area contributed by atoms with Crippen LogP contribution in [0.15, 0.2) is 34.7 Å². The molecule has 1 amide bonds. The van der Waals surface area contributed by atoms with E-state index in [1.165, 1.54) is 12.1 Å². The first-order chi connectivity index (χ1) is 12.1. The molecular formula is C18H17NO6. The molecule has 1 saturated carbocycles. The molecule has 0 bridgehead atoms. The maximum atomic E-state index is 12.4. The minimum Gasteiger partial charge on any atom is -0.486 e. The molecule has 1 aliphatic carbocycles. The Morgan fingerprint density at radius 1 is 1.04 bits per heavy atom. The van der Waals surface area contributed by atoms with Gasteiger partial charge in [0.25, 0.3) is 5.91 Å². The number of carboxylic acid groups (broad SMARTS) is 1. The van der Waals surface area contributed by atoms with Gasteiger partial charge in [-0.15, -0.1) is 0 Å². The van der Waals surface area contributed by atoms with Gasteiger partial charge in [0, 0.05) is 0 Å². The molecule has 1 aliphatic heterocycles. The van der Waals surface area contributed by atoms with Crippen molar-refractivity contribution in [2.24, 2.45) is 5.92 Å². The molecule has 2 heterocycles. The van der Waals surface area contributed by atoms with Gasteiger partial charge in [0.15, 0.2) is 17.3 Å². The molecule has 2 N–H and O–H groups in total. The lowest BCUT2D eigenvalue weighted by atomic mass is 10.0. The Kier molecular flexibility index (Phi) is 3.83. The lowest BCUT2D eigenvalue weighted by Crippen LogP contribution is -2.29. The SMILES string of the molecule is O=C(O)c1ccc(C(=O)NC(c2ccc3c(c2)OCCO3)C2CC2)o1. The van der Waals surface area contributed by atoms with Crippen molar-refractivity contribution in [1.29, 1.82) is 0 Å². The molecule has 0 saturated heterocycles. The number of fused-ring (bicyclic) bond motifs is 1. The van der Waals surface area contributed by atoms with Crippen LogP contribution in [0.2, 0.25) is 0 Å². The van der Waals surface area contributed by atoms with E-state index >= 15 is 0 Å². The number of rotatable bonds is 5. The average Bonchev–Trinajstić information content (AvgIpc) is 3.33. The van der Waals surface area contributed by atoms with Crippen LogP contribution in [0.5, 0.6) is 11.5 Å². The van der Waals surface area contributed by atoms with E-state index in [0.717, 1.165) is 18.4 Å². The molecule has 25 heavy (non-hydrogen) atoms. The number of nitrogens with one attached hydrogen (secondary N) is 1. The highest BCUT2D eigenvalue weighted by molar-refractivity contribution is 5.93. The number of aromatic carboxylic acids is 1. The molecule has 1 aromatic carbocycles. The summed E-state index contributed by atoms with van der Waals surface area (Å²) < 4.78 is 16.2. The molecule has 1 fully saturated rings. The van der Waals surface area contributed by atoms with E-state index in [9.17, 15) is 9.59 Å². The molecule has 1 unspecified atom stereocenters. The van der Waals surface area contributed by atoms with E-state index in [1.54, 1.807) is 0 Å². The largest absolute Gasteiger partial charge is 0.486 e. The maximum absolute atomic E-state index is 12.4. The topological polar surface area (TPSA) is 98.0 Å². The highest BCUT2D eigenvalue weighted by atomic mass is 16.6. The zero-order chi connectivity index (χ0) is 17.4. The number of benzene rings is 1. The number of carbonyl (C=O) groups excluding carboxylic acids is 1. The van der Waals surface area contributed by atoms with Crippen molar-refractivity contribution < 1.29 is 28.6 Å². The van der Waals surface area contributed by atoms with E-state index in [4.69, 9.17) is 19.0 Å². The Bertz CT molecular complexity index is 823. The smallest absolute Gasteiger partial charge is 0.371 e. The van der Waals surface area contributed by atoms with Crippen LogP contribution >= 0.6 is 0 Å². The molecule has 0 spiro atoms. The van der Waals surface area contributed by atoms with Crippen LogP contribution in [-0.4, -0.2) is 30.2 Å². The van der Waals surface area contributed by atoms with Gasteiger partial charge in [-0.05, 0) is 48.6 Å². The van der Waals surface area contributed by atoms with E-state index in [2.05, 4.69) is 5.32 Å². The zero-order valence-electron chi connectivity index (χ0n) is 13.4. The first-order valence-corrected chi connectivity index (χ1v) is 8.15. The van der Waals surface area contributed by atoms with Crippen LogP contribution in [0, 0.1) is 5.92 Å². The fourth-order valence-corrected chi connectivity index (χ4v) is 2.94. The van der Waals surface area contributed by atoms with Gasteiger partial charge < -0.3 is 24.3 Å². The number of hydrogen-bond acceptors (Lipinski definition) is 5. The first kappa shape index (κ1) is 15.6. The predicted octanol–water partition coefficient (Wildman–Crippen LogP) is 2.63. The summed E-state index contributed by atoms with van der Waals surface area (Å²) in [6.07, 6.45) is 2.05. The lowest BCUT2D eigenvalue weighted by molar-refractivity contribution is 0.0659. The monoisotopic (exact) mass is 343 g/mol. The number of ether oxygens (including phenoxy) is 2. The highest BCUT2D eigenvalue weighted by Crippen LogP contribution is 2.43. The second-order valence-electron chi connectivity index (χ2n) is 6.16. The second kappa shape index (κ2) is 6.16. The summed E-state index contributed by atoms with van der Waals surface area (Å²) in [5.74, 6) is -0.180. The summed E-state index contributed by atoms with van der Waals surface area (Å²) in [6, 6.07) is 8.12. The Morgan fingerprint density at radius 3 is 2.44 bits per heavy atom. The Balaban J connectivity index is 1.55. The van der Waals surface area contributed by atoms with Gasteiger partial charge in [-0.2, -0.15) is 0 Å². The summed E-state index contributed by atoms with van der Waals surface area (Å²) in [7, 11) is 0.